The van der Waals surface area contributed by atoms with Crippen LogP contribution >= 0.6 is 0 Å². The molecule has 0 radical (unpaired) electrons. The predicted octanol–water partition coefficient (Wildman–Crippen LogP) is 6.68. The highest BCUT2D eigenvalue weighted by Gasteiger charge is 2.56. The monoisotopic (exact) mass is 500 g/mol. The summed E-state index contributed by atoms with van der Waals surface area (Å²) < 4.78 is 12.1. The molecule has 0 aliphatic heterocycles. The Hall–Kier alpha value is -2.32. The molecule has 2 unspecified atom stereocenters. The highest BCUT2D eigenvalue weighted by atomic mass is 28.4. The summed E-state index contributed by atoms with van der Waals surface area (Å²) in [5, 5.41) is -0.170. The summed E-state index contributed by atoms with van der Waals surface area (Å²) in [4.78, 5) is 38.9. The number of ether oxygens (including phenoxy) is 1. The van der Waals surface area contributed by atoms with Crippen molar-refractivity contribution in [3.8, 4) is 0 Å². The lowest BCUT2D eigenvalue weighted by Crippen LogP contribution is -2.55. The maximum atomic E-state index is 13.6. The van der Waals surface area contributed by atoms with Gasteiger partial charge in [0.1, 0.15) is 6.10 Å². The van der Waals surface area contributed by atoms with Crippen LogP contribution in [0.5, 0.6) is 0 Å². The van der Waals surface area contributed by atoms with E-state index in [2.05, 4.69) is 33.9 Å². The molecule has 0 heterocycles. The first-order valence-corrected chi connectivity index (χ1v) is 14.8. The van der Waals surface area contributed by atoms with Crippen molar-refractivity contribution in [3.05, 3.63) is 71.8 Å². The van der Waals surface area contributed by atoms with Gasteiger partial charge in [-0.25, -0.2) is 14.6 Å². The number of hydrogen-bond acceptors (Lipinski definition) is 6. The zero-order chi connectivity index (χ0) is 26.5. The molecule has 2 aromatic carbocycles. The van der Waals surface area contributed by atoms with Crippen molar-refractivity contribution in [2.24, 2.45) is 0 Å². The average Bonchev–Trinajstić information content (AvgIpc) is 2.79. The summed E-state index contributed by atoms with van der Waals surface area (Å²) >= 11 is 0. The van der Waals surface area contributed by atoms with Crippen LogP contribution in [0.2, 0.25) is 18.1 Å². The van der Waals surface area contributed by atoms with Crippen LogP contribution in [0.1, 0.15) is 70.0 Å². The molecule has 7 heteroatoms. The van der Waals surface area contributed by atoms with E-state index < -0.39 is 31.6 Å². The van der Waals surface area contributed by atoms with Gasteiger partial charge in [0.15, 0.2) is 14.1 Å². The van der Waals surface area contributed by atoms with E-state index in [0.717, 1.165) is 0 Å². The second-order valence-electron chi connectivity index (χ2n) is 11.3. The molecular weight excluding hydrogens is 460 g/mol. The van der Waals surface area contributed by atoms with Crippen LogP contribution in [0.25, 0.3) is 0 Å². The van der Waals surface area contributed by atoms with Crippen molar-refractivity contribution < 1.29 is 28.5 Å². The van der Waals surface area contributed by atoms with Crippen molar-refractivity contribution in [3.63, 3.8) is 0 Å². The van der Waals surface area contributed by atoms with E-state index in [1.54, 1.807) is 45.0 Å². The Labute approximate surface area is 211 Å². The number of hydrogen-bond donors (Lipinski definition) is 0. The van der Waals surface area contributed by atoms with Gasteiger partial charge in [-0.3, -0.25) is 4.79 Å². The maximum absolute atomic E-state index is 13.6. The van der Waals surface area contributed by atoms with Crippen molar-refractivity contribution >= 4 is 20.1 Å². The van der Waals surface area contributed by atoms with Crippen LogP contribution in [-0.4, -0.2) is 38.4 Å². The molecular formula is C28H40O6Si. The Bertz CT molecular complexity index is 976. The number of Topliss-reactive ketones (excluding diaryl/α,β-unsaturated/α-hetero) is 1. The first kappa shape index (κ1) is 28.9. The molecule has 0 saturated carbocycles. The zero-order valence-corrected chi connectivity index (χ0v) is 23.5. The van der Waals surface area contributed by atoms with Crippen LogP contribution in [-0.2, 0) is 23.7 Å². The molecule has 2 atom stereocenters. The van der Waals surface area contributed by atoms with E-state index in [-0.39, 0.29) is 17.2 Å². The number of esters is 1. The molecule has 6 nitrogen and oxygen atoms in total. The van der Waals surface area contributed by atoms with Crippen LogP contribution < -0.4 is 0 Å². The van der Waals surface area contributed by atoms with Crippen LogP contribution in [0.3, 0.4) is 0 Å². The van der Waals surface area contributed by atoms with Gasteiger partial charge in [0.25, 0.3) is 0 Å². The molecule has 0 aliphatic carbocycles. The molecule has 0 aromatic heterocycles. The number of carbonyl (C=O) groups excluding carboxylic acids is 2. The number of carbonyl (C=O) groups is 2. The maximum Gasteiger partial charge on any atom is 0.345 e. The lowest BCUT2D eigenvalue weighted by molar-refractivity contribution is -0.408. The van der Waals surface area contributed by atoms with Gasteiger partial charge in [0.05, 0.1) is 19.1 Å². The van der Waals surface area contributed by atoms with Crippen LogP contribution in [0.15, 0.2) is 60.7 Å². The van der Waals surface area contributed by atoms with Gasteiger partial charge in [0, 0.05) is 5.56 Å². The van der Waals surface area contributed by atoms with Gasteiger partial charge in [-0.1, -0.05) is 81.4 Å². The minimum absolute atomic E-state index is 0.170. The molecule has 2 rings (SSSR count). The van der Waals surface area contributed by atoms with E-state index in [1.807, 2.05) is 36.4 Å². The Morgan fingerprint density at radius 2 is 1.34 bits per heavy atom. The summed E-state index contributed by atoms with van der Waals surface area (Å²) in [6, 6.07) is 18.1. The summed E-state index contributed by atoms with van der Waals surface area (Å²) in [5.41, 5.74) is -1.49. The SMILES string of the molecule is COC(=O)C(CC(=O)c1ccccc1)(OOC(C)(C)C)C(O[Si](C)(C)C(C)(C)C)c1ccccc1. The predicted molar refractivity (Wildman–Crippen MR) is 140 cm³/mol. The summed E-state index contributed by atoms with van der Waals surface area (Å²) in [6.07, 6.45) is -1.28. The van der Waals surface area contributed by atoms with Gasteiger partial charge in [-0.15, -0.1) is 0 Å². The van der Waals surface area contributed by atoms with E-state index in [4.69, 9.17) is 18.9 Å². The molecule has 192 valence electrons. The minimum Gasteiger partial charge on any atom is -0.467 e. The Morgan fingerprint density at radius 1 is 0.829 bits per heavy atom. The third-order valence-corrected chi connectivity index (χ3v) is 10.7. The third-order valence-electron chi connectivity index (χ3n) is 6.23. The van der Waals surface area contributed by atoms with Crippen LogP contribution in [0.4, 0.5) is 0 Å². The second kappa shape index (κ2) is 11.2. The number of ketones is 1. The fourth-order valence-electron chi connectivity index (χ4n) is 3.25. The van der Waals surface area contributed by atoms with Gasteiger partial charge < -0.3 is 9.16 Å². The molecule has 0 saturated heterocycles. The highest BCUT2D eigenvalue weighted by molar-refractivity contribution is 6.74. The number of benzene rings is 2. The zero-order valence-electron chi connectivity index (χ0n) is 22.5. The van der Waals surface area contributed by atoms with Crippen molar-refractivity contribution in [2.75, 3.05) is 7.11 Å². The Kier molecular flexibility index (Phi) is 9.22. The minimum atomic E-state index is -2.48. The summed E-state index contributed by atoms with van der Waals surface area (Å²) in [7, 11) is -1.20. The smallest absolute Gasteiger partial charge is 0.345 e. The summed E-state index contributed by atoms with van der Waals surface area (Å²) in [5.74, 6) is -1.02. The first-order chi connectivity index (χ1) is 16.1. The van der Waals surface area contributed by atoms with Gasteiger partial charge in [-0.2, -0.15) is 0 Å². The average molecular weight is 501 g/mol. The molecule has 2 aromatic rings. The number of rotatable bonds is 10. The molecule has 0 fully saturated rings. The third kappa shape index (κ3) is 7.33. The topological polar surface area (TPSA) is 71.1 Å². The van der Waals surface area contributed by atoms with E-state index >= 15 is 0 Å². The first-order valence-electron chi connectivity index (χ1n) is 11.9. The molecule has 0 N–H and O–H groups in total. The van der Waals surface area contributed by atoms with Crippen molar-refractivity contribution in [2.45, 2.75) is 83.4 Å². The highest BCUT2D eigenvalue weighted by Crippen LogP contribution is 2.46. The van der Waals surface area contributed by atoms with E-state index in [1.165, 1.54) is 7.11 Å². The Morgan fingerprint density at radius 3 is 1.80 bits per heavy atom. The summed E-state index contributed by atoms with van der Waals surface area (Å²) in [6.45, 7) is 15.9. The normalized spacial score (nSPS) is 15.2. The molecule has 35 heavy (non-hydrogen) atoms. The molecule has 0 bridgehead atoms. The second-order valence-corrected chi connectivity index (χ2v) is 16.1. The standard InChI is InChI=1S/C28H40O6Si/c1-26(2,3)33-34-28(25(30)31-7,20-23(29)21-16-12-10-13-17-21)24(22-18-14-11-15-19-22)32-35(8,9)27(4,5)6/h10-19,24H,20H2,1-9H3. The fraction of sp³-hybridized carbons (Fsp3) is 0.500. The van der Waals surface area contributed by atoms with Crippen molar-refractivity contribution in [1.82, 2.24) is 0 Å². The quantitative estimate of drug-likeness (QED) is 0.119. The van der Waals surface area contributed by atoms with Crippen LogP contribution in [0, 0.1) is 0 Å². The molecule has 0 amide bonds. The lowest BCUT2D eigenvalue weighted by atomic mass is 9.85. The molecule has 0 spiro atoms. The fourth-order valence-corrected chi connectivity index (χ4v) is 4.52. The largest absolute Gasteiger partial charge is 0.467 e. The van der Waals surface area contributed by atoms with Gasteiger partial charge in [-0.05, 0) is 44.5 Å². The van der Waals surface area contributed by atoms with Gasteiger partial charge in [0.2, 0.25) is 5.60 Å². The molecule has 0 aliphatic rings. The number of methoxy groups -OCH3 is 1. The van der Waals surface area contributed by atoms with Crippen molar-refractivity contribution in [1.29, 1.82) is 0 Å². The van der Waals surface area contributed by atoms with E-state index in [9.17, 15) is 9.59 Å². The van der Waals surface area contributed by atoms with E-state index in [0.29, 0.717) is 11.1 Å². The van der Waals surface area contributed by atoms with Gasteiger partial charge >= 0.3 is 5.97 Å². The lowest BCUT2D eigenvalue weighted by Gasteiger charge is -2.45. The Balaban J connectivity index is 2.75.